The van der Waals surface area contributed by atoms with Crippen molar-refractivity contribution in [2.45, 2.75) is 26.3 Å². The van der Waals surface area contributed by atoms with E-state index in [1.165, 1.54) is 12.0 Å². The van der Waals surface area contributed by atoms with Crippen molar-refractivity contribution in [1.82, 2.24) is 9.88 Å². The summed E-state index contributed by atoms with van der Waals surface area (Å²) in [4.78, 5) is 6.84. The van der Waals surface area contributed by atoms with Gasteiger partial charge in [-0.3, -0.25) is 9.88 Å². The maximum atomic E-state index is 5.90. The highest BCUT2D eigenvalue weighted by Crippen LogP contribution is 2.26. The lowest BCUT2D eigenvalue weighted by Crippen LogP contribution is -2.32. The van der Waals surface area contributed by atoms with Crippen LogP contribution in [-0.4, -0.2) is 29.5 Å². The Morgan fingerprint density at radius 2 is 2.38 bits per heavy atom. The Morgan fingerprint density at radius 3 is 2.88 bits per heavy atom. The molecular weight excluding hydrogens is 198 g/mol. The van der Waals surface area contributed by atoms with Gasteiger partial charge in [-0.1, -0.05) is 13.0 Å². The molecule has 1 saturated heterocycles. The van der Waals surface area contributed by atoms with Crippen LogP contribution in [0.4, 0.5) is 0 Å². The first-order chi connectivity index (χ1) is 7.70. The van der Waals surface area contributed by atoms with Crippen molar-refractivity contribution in [3.05, 3.63) is 29.6 Å². The van der Waals surface area contributed by atoms with Gasteiger partial charge in [0.1, 0.15) is 0 Å². The van der Waals surface area contributed by atoms with Crippen molar-refractivity contribution in [3.63, 3.8) is 0 Å². The van der Waals surface area contributed by atoms with Crippen molar-refractivity contribution < 1.29 is 0 Å². The average Bonchev–Trinajstić information content (AvgIpc) is 2.69. The van der Waals surface area contributed by atoms with Crippen LogP contribution in [0.1, 0.15) is 30.6 Å². The largest absolute Gasteiger partial charge is 0.329 e. The molecule has 0 bridgehead atoms. The number of hydrogen-bond donors (Lipinski definition) is 1. The summed E-state index contributed by atoms with van der Waals surface area (Å²) in [5.41, 5.74) is 8.21. The minimum absolute atomic E-state index is 0.345. The smallest absolute Gasteiger partial charge is 0.0485 e. The van der Waals surface area contributed by atoms with E-state index < -0.39 is 0 Å². The van der Waals surface area contributed by atoms with Crippen LogP contribution < -0.4 is 5.73 Å². The fraction of sp³-hybridized carbons (Fsp3) is 0.615. The van der Waals surface area contributed by atoms with E-state index in [-0.39, 0.29) is 0 Å². The second-order valence-electron chi connectivity index (χ2n) is 4.87. The maximum absolute atomic E-state index is 5.90. The van der Waals surface area contributed by atoms with Crippen LogP contribution in [0.2, 0.25) is 0 Å². The van der Waals surface area contributed by atoms with Gasteiger partial charge in [0, 0.05) is 31.0 Å². The summed E-state index contributed by atoms with van der Waals surface area (Å²) in [6, 6.07) is 4.57. The molecule has 3 nitrogen and oxygen atoms in total. The van der Waals surface area contributed by atoms with Crippen molar-refractivity contribution >= 4 is 0 Å². The fourth-order valence-corrected chi connectivity index (χ4v) is 2.42. The molecule has 0 amide bonds. The molecule has 0 radical (unpaired) electrons. The average molecular weight is 219 g/mol. The topological polar surface area (TPSA) is 42.1 Å². The third kappa shape index (κ3) is 2.42. The first-order valence-corrected chi connectivity index (χ1v) is 6.07. The SMILES string of the molecule is Cc1ccc(C(CN)N2CCC(C)C2)cn1. The zero-order valence-electron chi connectivity index (χ0n) is 10.2. The lowest BCUT2D eigenvalue weighted by atomic mass is 10.1. The second-order valence-corrected chi connectivity index (χ2v) is 4.87. The van der Waals surface area contributed by atoms with E-state index in [2.05, 4.69) is 28.9 Å². The van der Waals surface area contributed by atoms with Gasteiger partial charge < -0.3 is 5.73 Å². The fourth-order valence-electron chi connectivity index (χ4n) is 2.42. The molecule has 2 atom stereocenters. The van der Waals surface area contributed by atoms with Crippen molar-refractivity contribution in [2.24, 2.45) is 11.7 Å². The lowest BCUT2D eigenvalue weighted by Gasteiger charge is -2.26. The Bertz CT molecular complexity index is 334. The van der Waals surface area contributed by atoms with E-state index in [1.54, 1.807) is 0 Å². The quantitative estimate of drug-likeness (QED) is 0.842. The second kappa shape index (κ2) is 4.93. The normalized spacial score (nSPS) is 23.6. The Labute approximate surface area is 97.7 Å². The van der Waals surface area contributed by atoms with E-state index in [1.807, 2.05) is 13.1 Å². The molecule has 1 aromatic rings. The Balaban J connectivity index is 2.13. The molecule has 2 N–H and O–H groups in total. The number of aromatic nitrogens is 1. The van der Waals surface area contributed by atoms with E-state index >= 15 is 0 Å². The van der Waals surface area contributed by atoms with E-state index in [4.69, 9.17) is 5.73 Å². The number of aryl methyl sites for hydroxylation is 1. The van der Waals surface area contributed by atoms with Crippen molar-refractivity contribution in [3.8, 4) is 0 Å². The van der Waals surface area contributed by atoms with Crippen LogP contribution in [-0.2, 0) is 0 Å². The summed E-state index contributed by atoms with van der Waals surface area (Å²) in [6.45, 7) is 7.32. The van der Waals surface area contributed by atoms with Gasteiger partial charge in [0.05, 0.1) is 0 Å². The van der Waals surface area contributed by atoms with Gasteiger partial charge in [0.25, 0.3) is 0 Å². The predicted molar refractivity (Wildman–Crippen MR) is 66.1 cm³/mol. The number of hydrogen-bond acceptors (Lipinski definition) is 3. The number of rotatable bonds is 3. The summed E-state index contributed by atoms with van der Waals surface area (Å²) in [6.07, 6.45) is 3.26. The van der Waals surface area contributed by atoms with E-state index in [0.29, 0.717) is 12.6 Å². The van der Waals surface area contributed by atoms with Gasteiger partial charge in [-0.2, -0.15) is 0 Å². The highest BCUT2D eigenvalue weighted by Gasteiger charge is 2.26. The van der Waals surface area contributed by atoms with E-state index in [0.717, 1.165) is 24.7 Å². The predicted octanol–water partition coefficient (Wildman–Crippen LogP) is 1.73. The first kappa shape index (κ1) is 11.6. The number of nitrogens with zero attached hydrogens (tertiary/aromatic N) is 2. The summed E-state index contributed by atoms with van der Waals surface area (Å²) in [5.74, 6) is 0.799. The van der Waals surface area contributed by atoms with Crippen LogP contribution >= 0.6 is 0 Å². The first-order valence-electron chi connectivity index (χ1n) is 6.07. The van der Waals surface area contributed by atoms with Crippen LogP contribution in [0.15, 0.2) is 18.3 Å². The Hall–Kier alpha value is -0.930. The molecule has 16 heavy (non-hydrogen) atoms. The Morgan fingerprint density at radius 1 is 1.56 bits per heavy atom. The van der Waals surface area contributed by atoms with Crippen molar-refractivity contribution in [1.29, 1.82) is 0 Å². The Kier molecular flexibility index (Phi) is 3.56. The molecule has 2 rings (SSSR count). The minimum Gasteiger partial charge on any atom is -0.329 e. The molecule has 1 aromatic heterocycles. The molecule has 0 aromatic carbocycles. The minimum atomic E-state index is 0.345. The third-order valence-electron chi connectivity index (χ3n) is 3.44. The molecule has 88 valence electrons. The maximum Gasteiger partial charge on any atom is 0.0485 e. The number of nitrogens with two attached hydrogens (primary N) is 1. The lowest BCUT2D eigenvalue weighted by molar-refractivity contribution is 0.243. The summed E-state index contributed by atoms with van der Waals surface area (Å²) >= 11 is 0. The van der Waals surface area contributed by atoms with Gasteiger partial charge in [0.2, 0.25) is 0 Å². The zero-order valence-corrected chi connectivity index (χ0v) is 10.2. The summed E-state index contributed by atoms with van der Waals surface area (Å²) in [5, 5.41) is 0. The van der Waals surface area contributed by atoms with Gasteiger partial charge in [-0.25, -0.2) is 0 Å². The van der Waals surface area contributed by atoms with E-state index in [9.17, 15) is 0 Å². The summed E-state index contributed by atoms with van der Waals surface area (Å²) in [7, 11) is 0. The molecular formula is C13H21N3. The van der Waals surface area contributed by atoms with Gasteiger partial charge in [-0.15, -0.1) is 0 Å². The molecule has 2 unspecified atom stereocenters. The third-order valence-corrected chi connectivity index (χ3v) is 3.44. The molecule has 1 aliphatic rings. The standard InChI is InChI=1S/C13H21N3/c1-10-5-6-16(9-10)13(7-14)12-4-3-11(2)15-8-12/h3-4,8,10,13H,5-7,9,14H2,1-2H3. The van der Waals surface area contributed by atoms with Gasteiger partial charge >= 0.3 is 0 Å². The molecule has 0 saturated carbocycles. The highest BCUT2D eigenvalue weighted by atomic mass is 15.2. The molecule has 0 aliphatic carbocycles. The van der Waals surface area contributed by atoms with Crippen LogP contribution in [0, 0.1) is 12.8 Å². The molecule has 1 fully saturated rings. The van der Waals surface area contributed by atoms with Crippen LogP contribution in [0.5, 0.6) is 0 Å². The van der Waals surface area contributed by atoms with Gasteiger partial charge in [-0.05, 0) is 37.4 Å². The molecule has 1 aliphatic heterocycles. The zero-order chi connectivity index (χ0) is 11.5. The highest BCUT2D eigenvalue weighted by molar-refractivity contribution is 5.18. The van der Waals surface area contributed by atoms with Crippen LogP contribution in [0.25, 0.3) is 0 Å². The van der Waals surface area contributed by atoms with Crippen LogP contribution in [0.3, 0.4) is 0 Å². The number of likely N-dealkylation sites (tertiary alicyclic amines) is 1. The molecule has 0 spiro atoms. The summed E-state index contributed by atoms with van der Waals surface area (Å²) < 4.78 is 0. The molecule has 3 heteroatoms. The monoisotopic (exact) mass is 219 g/mol. The van der Waals surface area contributed by atoms with Gasteiger partial charge in [0.15, 0.2) is 0 Å². The van der Waals surface area contributed by atoms with Crippen molar-refractivity contribution in [2.75, 3.05) is 19.6 Å². The number of pyridine rings is 1. The molecule has 2 heterocycles.